The summed E-state index contributed by atoms with van der Waals surface area (Å²) in [4.78, 5) is 23.2. The summed E-state index contributed by atoms with van der Waals surface area (Å²) in [5.41, 5.74) is -0.0622. The summed E-state index contributed by atoms with van der Waals surface area (Å²) in [5.74, 6) is 1.01. The first-order valence-corrected chi connectivity index (χ1v) is 7.67. The van der Waals surface area contributed by atoms with Crippen molar-refractivity contribution in [2.75, 3.05) is 0 Å². The number of amides is 1. The highest BCUT2D eigenvalue weighted by atomic mass is 16.4. The van der Waals surface area contributed by atoms with Gasteiger partial charge in [-0.25, -0.2) is 4.79 Å². The van der Waals surface area contributed by atoms with Gasteiger partial charge in [-0.15, -0.1) is 0 Å². The van der Waals surface area contributed by atoms with Gasteiger partial charge in [0.2, 0.25) is 0 Å². The third-order valence-electron chi connectivity index (χ3n) is 5.49. The van der Waals surface area contributed by atoms with Gasteiger partial charge >= 0.3 is 5.97 Å². The number of carbonyl (C=O) groups is 2. The van der Waals surface area contributed by atoms with E-state index in [1.807, 2.05) is 0 Å². The molecule has 1 heterocycles. The van der Waals surface area contributed by atoms with E-state index < -0.39 is 5.97 Å². The Balaban J connectivity index is 1.52. The molecule has 5 nitrogen and oxygen atoms in total. The molecular formula is C16H19NO4. The molecule has 0 saturated heterocycles. The Hall–Kier alpha value is -1.78. The van der Waals surface area contributed by atoms with Crippen LogP contribution in [0.5, 0.6) is 0 Å². The molecule has 4 aliphatic carbocycles. The maximum Gasteiger partial charge on any atom is 0.338 e. The fourth-order valence-corrected chi connectivity index (χ4v) is 5.13. The monoisotopic (exact) mass is 289 g/mol. The molecule has 0 spiro atoms. The molecule has 0 atom stereocenters. The number of nitrogens with one attached hydrogen (secondary N) is 1. The Bertz CT molecular complexity index is 568. The molecule has 0 aromatic carbocycles. The summed E-state index contributed by atoms with van der Waals surface area (Å²) in [7, 11) is 0. The molecule has 5 heteroatoms. The van der Waals surface area contributed by atoms with Crippen LogP contribution in [0.1, 0.15) is 59.4 Å². The van der Waals surface area contributed by atoms with Crippen molar-refractivity contribution in [3.8, 4) is 0 Å². The summed E-state index contributed by atoms with van der Waals surface area (Å²) in [5, 5.41) is 12.1. The van der Waals surface area contributed by atoms with Crippen molar-refractivity contribution in [2.24, 2.45) is 17.8 Å². The molecule has 5 rings (SSSR count). The van der Waals surface area contributed by atoms with E-state index in [-0.39, 0.29) is 22.8 Å². The van der Waals surface area contributed by atoms with Gasteiger partial charge in [-0.2, -0.15) is 0 Å². The Kier molecular flexibility index (Phi) is 2.68. The van der Waals surface area contributed by atoms with Gasteiger partial charge in [0.05, 0.1) is 5.56 Å². The summed E-state index contributed by atoms with van der Waals surface area (Å²) in [6, 6.07) is 1.30. The summed E-state index contributed by atoms with van der Waals surface area (Å²) in [6.45, 7) is 0. The van der Waals surface area contributed by atoms with Crippen LogP contribution in [-0.2, 0) is 0 Å². The van der Waals surface area contributed by atoms with E-state index in [2.05, 4.69) is 5.32 Å². The van der Waals surface area contributed by atoms with E-state index in [4.69, 9.17) is 9.52 Å². The lowest BCUT2D eigenvalue weighted by Crippen LogP contribution is -2.59. The van der Waals surface area contributed by atoms with E-state index >= 15 is 0 Å². The van der Waals surface area contributed by atoms with Gasteiger partial charge in [0, 0.05) is 11.6 Å². The van der Waals surface area contributed by atoms with Gasteiger partial charge < -0.3 is 14.8 Å². The predicted octanol–water partition coefficient (Wildman–Crippen LogP) is 2.68. The first kappa shape index (κ1) is 12.9. The highest BCUT2D eigenvalue weighted by Gasteiger charge is 2.51. The minimum atomic E-state index is -1.08. The highest BCUT2D eigenvalue weighted by molar-refractivity contribution is 5.95. The highest BCUT2D eigenvalue weighted by Crippen LogP contribution is 2.55. The molecule has 4 bridgehead atoms. The second-order valence-electron chi connectivity index (χ2n) is 7.16. The topological polar surface area (TPSA) is 79.5 Å². The Morgan fingerprint density at radius 3 is 2.19 bits per heavy atom. The van der Waals surface area contributed by atoms with Crippen molar-refractivity contribution in [3.05, 3.63) is 23.7 Å². The van der Waals surface area contributed by atoms with Crippen molar-refractivity contribution >= 4 is 11.9 Å². The summed E-state index contributed by atoms with van der Waals surface area (Å²) >= 11 is 0. The number of carbonyl (C=O) groups excluding carboxylic acids is 1. The lowest BCUT2D eigenvalue weighted by molar-refractivity contribution is -0.0171. The lowest BCUT2D eigenvalue weighted by atomic mass is 9.53. The van der Waals surface area contributed by atoms with E-state index in [1.165, 1.54) is 25.3 Å². The van der Waals surface area contributed by atoms with Crippen LogP contribution >= 0.6 is 0 Å². The molecule has 0 aliphatic heterocycles. The van der Waals surface area contributed by atoms with Gasteiger partial charge in [-0.1, -0.05) is 0 Å². The van der Waals surface area contributed by atoms with E-state index in [1.54, 1.807) is 0 Å². The van der Waals surface area contributed by atoms with E-state index in [9.17, 15) is 9.59 Å². The van der Waals surface area contributed by atoms with Crippen molar-refractivity contribution in [1.82, 2.24) is 5.32 Å². The molecular weight excluding hydrogens is 270 g/mol. The summed E-state index contributed by atoms with van der Waals surface area (Å²) < 4.78 is 5.11. The van der Waals surface area contributed by atoms with Crippen molar-refractivity contribution in [1.29, 1.82) is 0 Å². The molecule has 0 unspecified atom stereocenters. The largest absolute Gasteiger partial charge is 0.478 e. The number of furan rings is 1. The third-order valence-corrected chi connectivity index (χ3v) is 5.49. The number of carboxylic acid groups (broad SMARTS) is 1. The molecule has 2 N–H and O–H groups in total. The maximum absolute atomic E-state index is 12.4. The third kappa shape index (κ3) is 2.15. The van der Waals surface area contributed by atoms with Gasteiger partial charge in [-0.05, 0) is 56.3 Å². The number of rotatable bonds is 3. The Labute approximate surface area is 122 Å². The fourth-order valence-electron chi connectivity index (χ4n) is 5.13. The minimum Gasteiger partial charge on any atom is -0.478 e. The van der Waals surface area contributed by atoms with Crippen LogP contribution in [0.3, 0.4) is 0 Å². The molecule has 4 fully saturated rings. The number of carboxylic acids is 1. The Morgan fingerprint density at radius 2 is 1.71 bits per heavy atom. The van der Waals surface area contributed by atoms with Crippen LogP contribution in [0, 0.1) is 17.8 Å². The molecule has 0 radical (unpaired) electrons. The molecule has 1 aromatic rings. The van der Waals surface area contributed by atoms with Crippen LogP contribution in [0.2, 0.25) is 0 Å². The molecule has 1 amide bonds. The van der Waals surface area contributed by atoms with Gasteiger partial charge in [0.1, 0.15) is 6.26 Å². The van der Waals surface area contributed by atoms with E-state index in [0.29, 0.717) is 0 Å². The number of hydrogen-bond donors (Lipinski definition) is 2. The molecule has 112 valence electrons. The number of aromatic carboxylic acids is 1. The zero-order valence-corrected chi connectivity index (χ0v) is 11.8. The minimum absolute atomic E-state index is 0.0191. The molecule has 1 aromatic heterocycles. The average molecular weight is 289 g/mol. The van der Waals surface area contributed by atoms with Crippen LogP contribution in [0.15, 0.2) is 16.7 Å². The standard InChI is InChI=1S/C16H19NO4/c18-14(13-4-12(8-21-13)15(19)20)17-16-5-9-1-10(6-16)3-11(2-9)7-16/h4,8-11H,1-3,5-7H2,(H,17,18)(H,19,20). The zero-order valence-electron chi connectivity index (χ0n) is 11.8. The normalized spacial score (nSPS) is 36.7. The maximum atomic E-state index is 12.4. The van der Waals surface area contributed by atoms with Crippen molar-refractivity contribution in [3.63, 3.8) is 0 Å². The van der Waals surface area contributed by atoms with Gasteiger partial charge in [0.25, 0.3) is 5.91 Å². The SMILES string of the molecule is O=C(O)c1coc(C(=O)NC23CC4CC(CC(C4)C2)C3)c1. The Morgan fingerprint density at radius 1 is 1.14 bits per heavy atom. The van der Waals surface area contributed by atoms with Gasteiger partial charge in [0.15, 0.2) is 5.76 Å². The quantitative estimate of drug-likeness (QED) is 0.896. The predicted molar refractivity (Wildman–Crippen MR) is 74.0 cm³/mol. The summed E-state index contributed by atoms with van der Waals surface area (Å²) in [6.07, 6.45) is 8.28. The van der Waals surface area contributed by atoms with Crippen LogP contribution in [0.25, 0.3) is 0 Å². The van der Waals surface area contributed by atoms with E-state index in [0.717, 1.165) is 43.3 Å². The second-order valence-corrected chi connectivity index (χ2v) is 7.16. The average Bonchev–Trinajstić information content (AvgIpc) is 2.85. The lowest BCUT2D eigenvalue weighted by Gasteiger charge is -2.56. The number of hydrogen-bond acceptors (Lipinski definition) is 3. The first-order chi connectivity index (χ1) is 10.0. The smallest absolute Gasteiger partial charge is 0.338 e. The second kappa shape index (κ2) is 4.36. The fraction of sp³-hybridized carbons (Fsp3) is 0.625. The molecule has 4 aliphatic rings. The zero-order chi connectivity index (χ0) is 14.6. The van der Waals surface area contributed by atoms with Crippen molar-refractivity contribution in [2.45, 2.75) is 44.1 Å². The van der Waals surface area contributed by atoms with Crippen LogP contribution in [0.4, 0.5) is 0 Å². The van der Waals surface area contributed by atoms with Crippen LogP contribution < -0.4 is 5.32 Å². The first-order valence-electron chi connectivity index (χ1n) is 7.67. The molecule has 21 heavy (non-hydrogen) atoms. The van der Waals surface area contributed by atoms with Gasteiger partial charge in [-0.3, -0.25) is 4.79 Å². The van der Waals surface area contributed by atoms with Crippen LogP contribution in [-0.4, -0.2) is 22.5 Å². The molecule has 4 saturated carbocycles. The van der Waals surface area contributed by atoms with Crippen molar-refractivity contribution < 1.29 is 19.1 Å².